The molecule has 0 aliphatic carbocycles. The van der Waals surface area contributed by atoms with Crippen LogP contribution in [-0.2, 0) is 39.4 Å². The van der Waals surface area contributed by atoms with Gasteiger partial charge in [-0.3, -0.25) is 27.8 Å². The van der Waals surface area contributed by atoms with Crippen molar-refractivity contribution in [1.29, 1.82) is 0 Å². The molecule has 6 atom stereocenters. The predicted octanol–water partition coefficient (Wildman–Crippen LogP) is 5.58. The summed E-state index contributed by atoms with van der Waals surface area (Å²) in [6.45, 7) is -7.15. The van der Waals surface area contributed by atoms with Crippen LogP contribution in [0.15, 0.2) is 86.0 Å². The molecule has 2 aromatic carbocycles. The van der Waals surface area contributed by atoms with Crippen molar-refractivity contribution in [2.45, 2.75) is 62.9 Å². The third-order valence-corrected chi connectivity index (χ3v) is 12.5. The second-order valence-electron chi connectivity index (χ2n) is 13.9. The van der Waals surface area contributed by atoms with E-state index in [9.17, 15) is 23.9 Å². The van der Waals surface area contributed by atoms with E-state index in [-0.39, 0.29) is 42.5 Å². The fourth-order valence-corrected chi connectivity index (χ4v) is 9.17. The van der Waals surface area contributed by atoms with Gasteiger partial charge in [0, 0.05) is 17.5 Å². The van der Waals surface area contributed by atoms with Crippen LogP contribution < -0.4 is 10.6 Å². The average molecular weight is 897 g/mol. The molecule has 2 saturated heterocycles. The highest BCUT2D eigenvalue weighted by Crippen LogP contribution is 2.59. The first-order valence-corrected chi connectivity index (χ1v) is 23.9. The van der Waals surface area contributed by atoms with E-state index in [1.54, 1.807) is 77.0 Å². The second-order valence-corrected chi connectivity index (χ2v) is 19.4. The number of nitrogens with one attached hydrogen (secondary N) is 2. The maximum absolute atomic E-state index is 13.9. The zero-order valence-electron chi connectivity index (χ0n) is 31.6. The Labute approximate surface area is 352 Å². The maximum atomic E-state index is 13.9. The standard InChI is InChI=1S/C36H38N10O10P2S2/c1-2-36(17-53-57(49,50)59)25(15-27(55-36)46-21-42-29-31(38-19-40-33(29)46)44-35(48)23-11-7-4-8-12-23)56-58(51,60)52-16-24-13-14-26(54-24)45-20-41-28-30(37-18-39-32(28)45)43-34(47)22-9-5-3-6-10-22/h3-12,18-21,24-27H,2,13-17H2,1H3,(H,51,60)(H2,49,50,59)(H,37,39,43,47)(H,38,40,44,48)/t24-,25-,26+,27+,36+,58?/m0/s1. The highest BCUT2D eigenvalue weighted by Gasteiger charge is 2.53. The molecular formula is C36H38N10O10P2S2. The van der Waals surface area contributed by atoms with E-state index in [0.29, 0.717) is 40.8 Å². The first-order chi connectivity index (χ1) is 28.8. The Balaban J connectivity index is 0.946. The summed E-state index contributed by atoms with van der Waals surface area (Å²) in [4.78, 5) is 71.8. The SMILES string of the molecule is CC[C@]1(COP(O)(O)=S)O[C@@H](n2cnc3c(NC(=O)c4ccccc4)ncnc32)C[C@@H]1OP(=O)(S)OC[C@@H]1CC[C@H](n2cnc3c(NC(=O)c4ccccc4)ncnc32)O1. The van der Waals surface area contributed by atoms with Crippen molar-refractivity contribution >= 4 is 83.3 Å². The number of aromatic nitrogens is 8. The molecular weight excluding hydrogens is 859 g/mol. The molecule has 8 rings (SSSR count). The lowest BCUT2D eigenvalue weighted by atomic mass is 9.95. The molecule has 6 aromatic rings. The van der Waals surface area contributed by atoms with Gasteiger partial charge in [0.15, 0.2) is 34.0 Å². The summed E-state index contributed by atoms with van der Waals surface area (Å²) in [5.41, 5.74) is 0.866. The van der Waals surface area contributed by atoms with Gasteiger partial charge in [-0.15, -0.1) is 0 Å². The molecule has 0 radical (unpaired) electrons. The van der Waals surface area contributed by atoms with Crippen LogP contribution in [0.2, 0.25) is 0 Å². The molecule has 20 nitrogen and oxygen atoms in total. The van der Waals surface area contributed by atoms with E-state index in [1.165, 1.54) is 19.0 Å². The monoisotopic (exact) mass is 896 g/mol. The number of hydrogen-bond acceptors (Lipinski definition) is 15. The molecule has 0 saturated carbocycles. The molecule has 4 aromatic heterocycles. The van der Waals surface area contributed by atoms with Gasteiger partial charge in [0.1, 0.15) is 36.8 Å². The van der Waals surface area contributed by atoms with Gasteiger partial charge in [-0.05, 0) is 55.3 Å². The Morgan fingerprint density at radius 3 is 1.93 bits per heavy atom. The van der Waals surface area contributed by atoms with Crippen molar-refractivity contribution in [1.82, 2.24) is 39.0 Å². The van der Waals surface area contributed by atoms with E-state index in [4.69, 9.17) is 34.9 Å². The van der Waals surface area contributed by atoms with E-state index < -0.39 is 56.3 Å². The van der Waals surface area contributed by atoms with Crippen LogP contribution in [0.1, 0.15) is 65.8 Å². The van der Waals surface area contributed by atoms with Crippen molar-refractivity contribution in [2.24, 2.45) is 0 Å². The number of hydrogen-bond donors (Lipinski definition) is 5. The second kappa shape index (κ2) is 17.4. The molecule has 1 unspecified atom stereocenters. The molecule has 2 aliphatic heterocycles. The first kappa shape index (κ1) is 42.1. The van der Waals surface area contributed by atoms with Gasteiger partial charge < -0.3 is 34.4 Å². The Morgan fingerprint density at radius 1 is 0.850 bits per heavy atom. The molecule has 2 aliphatic rings. The Hall–Kier alpha value is -4.57. The zero-order chi connectivity index (χ0) is 42.1. The summed E-state index contributed by atoms with van der Waals surface area (Å²) in [6, 6.07) is 17.3. The van der Waals surface area contributed by atoms with Crippen LogP contribution in [-0.4, -0.2) is 91.7 Å². The minimum atomic E-state index is -4.16. The molecule has 0 bridgehead atoms. The fourth-order valence-electron chi connectivity index (χ4n) is 7.06. The van der Waals surface area contributed by atoms with Gasteiger partial charge in [0.05, 0.1) is 32.0 Å². The Bertz CT molecular complexity index is 2620. The topological polar surface area (TPSA) is 249 Å². The summed E-state index contributed by atoms with van der Waals surface area (Å²) >= 11 is 9.04. The molecule has 2 fully saturated rings. The van der Waals surface area contributed by atoms with Crippen LogP contribution in [0, 0.1) is 0 Å². The van der Waals surface area contributed by atoms with E-state index in [2.05, 4.69) is 52.8 Å². The smallest absolute Gasteiger partial charge is 0.352 e. The molecule has 60 heavy (non-hydrogen) atoms. The predicted molar refractivity (Wildman–Crippen MR) is 222 cm³/mol. The summed E-state index contributed by atoms with van der Waals surface area (Å²) in [5.74, 6) is -0.326. The van der Waals surface area contributed by atoms with Crippen molar-refractivity contribution in [3.05, 3.63) is 97.1 Å². The average Bonchev–Trinajstić information content (AvgIpc) is 4.05. The number of benzene rings is 2. The van der Waals surface area contributed by atoms with Gasteiger partial charge >= 0.3 is 13.5 Å². The largest absolute Gasteiger partial charge is 0.386 e. The number of rotatable bonds is 15. The third-order valence-electron chi connectivity index (χ3n) is 10.1. The number of carbonyl (C=O) groups is 2. The van der Waals surface area contributed by atoms with Gasteiger partial charge in [-0.2, -0.15) is 0 Å². The van der Waals surface area contributed by atoms with Gasteiger partial charge in [-0.25, -0.2) is 34.5 Å². The van der Waals surface area contributed by atoms with E-state index in [1.807, 2.05) is 6.07 Å². The number of carbonyl (C=O) groups excluding carboxylic acids is 2. The zero-order valence-corrected chi connectivity index (χ0v) is 35.1. The van der Waals surface area contributed by atoms with Crippen LogP contribution in [0.25, 0.3) is 22.3 Å². The van der Waals surface area contributed by atoms with Crippen LogP contribution in [0.4, 0.5) is 11.6 Å². The summed E-state index contributed by atoms with van der Waals surface area (Å²) < 4.78 is 47.2. The van der Waals surface area contributed by atoms with Gasteiger partial charge in [-0.1, -0.05) is 55.6 Å². The number of fused-ring (bicyclic) bond motifs is 2. The molecule has 0 spiro atoms. The van der Waals surface area contributed by atoms with Crippen molar-refractivity contribution in [2.75, 3.05) is 23.8 Å². The lowest BCUT2D eigenvalue weighted by molar-refractivity contribution is -0.121. The molecule has 24 heteroatoms. The number of amides is 2. The number of nitrogens with zero attached hydrogens (tertiary/aromatic N) is 8. The van der Waals surface area contributed by atoms with Crippen LogP contribution in [0.5, 0.6) is 0 Å². The lowest BCUT2D eigenvalue weighted by Crippen LogP contribution is -2.44. The molecule has 314 valence electrons. The number of anilines is 2. The lowest BCUT2D eigenvalue weighted by Gasteiger charge is -2.34. The third kappa shape index (κ3) is 9.19. The van der Waals surface area contributed by atoms with Crippen LogP contribution in [0.3, 0.4) is 0 Å². The summed E-state index contributed by atoms with van der Waals surface area (Å²) in [6.07, 6.45) is 3.95. The Kier molecular flexibility index (Phi) is 12.2. The highest BCUT2D eigenvalue weighted by molar-refractivity contribution is 8.44. The van der Waals surface area contributed by atoms with Gasteiger partial charge in [0.25, 0.3) is 11.8 Å². The molecule has 4 N–H and O–H groups in total. The maximum Gasteiger partial charge on any atom is 0.386 e. The molecule has 6 heterocycles. The minimum absolute atomic E-state index is 0.0391. The van der Waals surface area contributed by atoms with Crippen molar-refractivity contribution in [3.63, 3.8) is 0 Å². The van der Waals surface area contributed by atoms with Gasteiger partial charge in [0.2, 0.25) is 0 Å². The number of thiol groups is 1. The minimum Gasteiger partial charge on any atom is -0.352 e. The molecule has 2 amide bonds. The summed E-state index contributed by atoms with van der Waals surface area (Å²) in [7, 11) is 0. The Morgan fingerprint density at radius 2 is 1.40 bits per heavy atom. The number of ether oxygens (including phenoxy) is 2. The van der Waals surface area contributed by atoms with Crippen molar-refractivity contribution < 1.29 is 47.0 Å². The highest BCUT2D eigenvalue weighted by atomic mass is 32.7. The first-order valence-electron chi connectivity index (χ1n) is 18.6. The summed E-state index contributed by atoms with van der Waals surface area (Å²) in [5, 5.41) is 5.55. The fraction of sp³-hybridized carbons (Fsp3) is 0.333. The van der Waals surface area contributed by atoms with Crippen LogP contribution >= 0.6 is 25.8 Å². The number of imidazole rings is 2. The quantitative estimate of drug-likeness (QED) is 0.0623. The van der Waals surface area contributed by atoms with E-state index >= 15 is 0 Å². The normalized spacial score (nSPS) is 22.9. The van der Waals surface area contributed by atoms with Crippen molar-refractivity contribution in [3.8, 4) is 0 Å². The van der Waals surface area contributed by atoms with E-state index in [0.717, 1.165) is 0 Å².